The number of amides is 1. The molecule has 0 bridgehead atoms. The Morgan fingerprint density at radius 2 is 1.93 bits per heavy atom. The van der Waals surface area contributed by atoms with Gasteiger partial charge < -0.3 is 14.6 Å². The molecule has 9 heteroatoms. The second-order valence-electron chi connectivity index (χ2n) is 6.50. The fraction of sp³-hybridized carbons (Fsp3) is 0.286. The van der Waals surface area contributed by atoms with Crippen molar-refractivity contribution in [2.75, 3.05) is 18.2 Å². The lowest BCUT2D eigenvalue weighted by atomic mass is 10.1. The summed E-state index contributed by atoms with van der Waals surface area (Å²) < 4.78 is 7.33. The molecule has 30 heavy (non-hydrogen) atoms. The first kappa shape index (κ1) is 21.5. The van der Waals surface area contributed by atoms with Gasteiger partial charge in [0.1, 0.15) is 11.5 Å². The van der Waals surface area contributed by atoms with Crippen molar-refractivity contribution >= 4 is 29.1 Å². The summed E-state index contributed by atoms with van der Waals surface area (Å²) in [6.07, 6.45) is 3.62. The van der Waals surface area contributed by atoms with E-state index in [0.717, 1.165) is 17.0 Å². The summed E-state index contributed by atoms with van der Waals surface area (Å²) in [5.41, 5.74) is 2.28. The van der Waals surface area contributed by atoms with Crippen LogP contribution >= 0.6 is 11.8 Å². The number of hydrogen-bond donors (Lipinski definition) is 1. The summed E-state index contributed by atoms with van der Waals surface area (Å²) in [6.45, 7) is 4.14. The summed E-state index contributed by atoms with van der Waals surface area (Å²) in [7, 11) is 1.56. The number of Topliss-reactive ketones (excluding diaryl/α,β-unsaturated/α-hetero) is 1. The highest BCUT2D eigenvalue weighted by molar-refractivity contribution is 7.99. The van der Waals surface area contributed by atoms with Crippen LogP contribution < -0.4 is 10.1 Å². The Bertz CT molecular complexity index is 1040. The minimum Gasteiger partial charge on any atom is -0.496 e. The van der Waals surface area contributed by atoms with Gasteiger partial charge in [0.05, 0.1) is 12.9 Å². The summed E-state index contributed by atoms with van der Waals surface area (Å²) in [5.74, 6) is 1.46. The number of nitrogens with one attached hydrogen (secondary N) is 1. The van der Waals surface area contributed by atoms with Gasteiger partial charge in [0.25, 0.3) is 0 Å². The molecule has 156 valence electrons. The molecule has 2 heterocycles. The number of carbonyl (C=O) groups excluding carboxylic acids is 2. The van der Waals surface area contributed by atoms with E-state index in [1.807, 2.05) is 23.6 Å². The molecule has 1 N–H and O–H groups in total. The van der Waals surface area contributed by atoms with Gasteiger partial charge in [-0.3, -0.25) is 14.6 Å². The van der Waals surface area contributed by atoms with Crippen LogP contribution in [0.1, 0.15) is 19.4 Å². The fourth-order valence-corrected chi connectivity index (χ4v) is 3.86. The molecule has 2 aromatic heterocycles. The molecule has 3 rings (SSSR count). The third-order valence-electron chi connectivity index (χ3n) is 4.32. The highest BCUT2D eigenvalue weighted by Crippen LogP contribution is 2.26. The predicted molar refractivity (Wildman–Crippen MR) is 116 cm³/mol. The standard InChI is InChI=1S/C21H23N5O3S/c1-4-26-20(15-7-9-22-10-8-15)24-25-21(26)30-13-18(28)12-16-11-17(23-14(2)27)5-6-19(16)29-3/h5-11H,4,12-13H2,1-3H3,(H,23,27). The second kappa shape index (κ2) is 10.0. The van der Waals surface area contributed by atoms with Crippen molar-refractivity contribution in [3.8, 4) is 17.1 Å². The fourth-order valence-electron chi connectivity index (χ4n) is 3.00. The maximum absolute atomic E-state index is 12.6. The number of hydrogen-bond acceptors (Lipinski definition) is 7. The largest absolute Gasteiger partial charge is 0.496 e. The molecule has 0 saturated heterocycles. The van der Waals surface area contributed by atoms with E-state index in [2.05, 4.69) is 20.5 Å². The third kappa shape index (κ3) is 5.24. The number of rotatable bonds is 9. The first-order valence-corrected chi connectivity index (χ1v) is 10.4. The molecule has 0 unspecified atom stereocenters. The minimum absolute atomic E-state index is 0.0226. The van der Waals surface area contributed by atoms with Gasteiger partial charge in [-0.1, -0.05) is 11.8 Å². The van der Waals surface area contributed by atoms with Crippen molar-refractivity contribution in [3.05, 3.63) is 48.3 Å². The van der Waals surface area contributed by atoms with Crippen molar-refractivity contribution in [2.24, 2.45) is 0 Å². The molecule has 1 aromatic carbocycles. The van der Waals surface area contributed by atoms with Gasteiger partial charge in [-0.05, 0) is 37.3 Å². The van der Waals surface area contributed by atoms with Crippen molar-refractivity contribution < 1.29 is 14.3 Å². The van der Waals surface area contributed by atoms with Gasteiger partial charge in [-0.25, -0.2) is 0 Å². The first-order chi connectivity index (χ1) is 14.5. The lowest BCUT2D eigenvalue weighted by molar-refractivity contribution is -0.116. The Morgan fingerprint density at radius 1 is 1.17 bits per heavy atom. The van der Waals surface area contributed by atoms with Crippen LogP contribution in [-0.4, -0.2) is 44.3 Å². The summed E-state index contributed by atoms with van der Waals surface area (Å²) >= 11 is 1.36. The molecular weight excluding hydrogens is 402 g/mol. The SMILES string of the molecule is CCn1c(SCC(=O)Cc2cc(NC(C)=O)ccc2OC)nnc1-c1ccncc1. The monoisotopic (exact) mass is 425 g/mol. The van der Waals surface area contributed by atoms with Crippen LogP contribution in [0.5, 0.6) is 5.75 Å². The van der Waals surface area contributed by atoms with E-state index in [0.29, 0.717) is 23.1 Å². The van der Waals surface area contributed by atoms with Gasteiger partial charge >= 0.3 is 0 Å². The number of nitrogens with zero attached hydrogens (tertiary/aromatic N) is 4. The lowest BCUT2D eigenvalue weighted by Crippen LogP contribution is -2.10. The summed E-state index contributed by atoms with van der Waals surface area (Å²) in [5, 5.41) is 11.9. The van der Waals surface area contributed by atoms with Crippen molar-refractivity contribution in [3.63, 3.8) is 0 Å². The van der Waals surface area contributed by atoms with Gasteiger partial charge in [-0.2, -0.15) is 0 Å². The van der Waals surface area contributed by atoms with Crippen LogP contribution in [0.15, 0.2) is 47.9 Å². The Hall–Kier alpha value is -3.20. The average molecular weight is 426 g/mol. The smallest absolute Gasteiger partial charge is 0.221 e. The summed E-state index contributed by atoms with van der Waals surface area (Å²) in [6, 6.07) is 9.01. The quantitative estimate of drug-likeness (QED) is 0.526. The van der Waals surface area contributed by atoms with Crippen LogP contribution in [0, 0.1) is 0 Å². The molecule has 0 atom stereocenters. The van der Waals surface area contributed by atoms with Crippen molar-refractivity contribution in [1.29, 1.82) is 0 Å². The van der Waals surface area contributed by atoms with Crippen molar-refractivity contribution in [1.82, 2.24) is 19.7 Å². The van der Waals surface area contributed by atoms with Gasteiger partial charge in [-0.15, -0.1) is 10.2 Å². The van der Waals surface area contributed by atoms with Crippen LogP contribution in [0.2, 0.25) is 0 Å². The lowest BCUT2D eigenvalue weighted by Gasteiger charge is -2.11. The molecule has 8 nitrogen and oxygen atoms in total. The number of benzene rings is 1. The third-order valence-corrected chi connectivity index (χ3v) is 5.35. The van der Waals surface area contributed by atoms with Gasteiger partial charge in [0.2, 0.25) is 5.91 Å². The number of methoxy groups -OCH3 is 1. The normalized spacial score (nSPS) is 10.6. The number of anilines is 1. The number of pyridine rings is 1. The molecule has 3 aromatic rings. The Morgan fingerprint density at radius 3 is 2.60 bits per heavy atom. The predicted octanol–water partition coefficient (Wildman–Crippen LogP) is 3.23. The van der Waals surface area contributed by atoms with E-state index >= 15 is 0 Å². The number of ether oxygens (including phenoxy) is 1. The van der Waals surface area contributed by atoms with E-state index < -0.39 is 0 Å². The van der Waals surface area contributed by atoms with E-state index in [1.54, 1.807) is 37.7 Å². The van der Waals surface area contributed by atoms with E-state index in [-0.39, 0.29) is 23.9 Å². The van der Waals surface area contributed by atoms with E-state index in [4.69, 9.17) is 4.74 Å². The van der Waals surface area contributed by atoms with E-state index in [9.17, 15) is 9.59 Å². The Labute approximate surface area is 179 Å². The van der Waals surface area contributed by atoms with E-state index in [1.165, 1.54) is 18.7 Å². The zero-order chi connectivity index (χ0) is 21.5. The average Bonchev–Trinajstić information content (AvgIpc) is 3.15. The molecule has 0 fully saturated rings. The summed E-state index contributed by atoms with van der Waals surface area (Å²) in [4.78, 5) is 28.0. The number of ketones is 1. The van der Waals surface area contributed by atoms with Crippen molar-refractivity contribution in [2.45, 2.75) is 32.0 Å². The molecule has 1 amide bonds. The second-order valence-corrected chi connectivity index (χ2v) is 7.44. The van der Waals surface area contributed by atoms with Crippen LogP contribution in [-0.2, 0) is 22.6 Å². The van der Waals surface area contributed by atoms with Gasteiger partial charge in [0.15, 0.2) is 11.0 Å². The molecule has 0 saturated carbocycles. The molecule has 0 aliphatic heterocycles. The maximum atomic E-state index is 12.6. The maximum Gasteiger partial charge on any atom is 0.221 e. The number of thioether (sulfide) groups is 1. The zero-order valence-corrected chi connectivity index (χ0v) is 17.9. The Balaban J connectivity index is 1.69. The molecule has 0 aliphatic carbocycles. The minimum atomic E-state index is -0.170. The molecule has 0 spiro atoms. The molecule has 0 aliphatic rings. The van der Waals surface area contributed by atoms with Crippen LogP contribution in [0.3, 0.4) is 0 Å². The van der Waals surface area contributed by atoms with Gasteiger partial charge in [0, 0.05) is 49.1 Å². The Kier molecular flexibility index (Phi) is 7.18. The van der Waals surface area contributed by atoms with Crippen LogP contribution in [0.4, 0.5) is 5.69 Å². The van der Waals surface area contributed by atoms with Crippen LogP contribution in [0.25, 0.3) is 11.4 Å². The number of aromatic nitrogens is 4. The molecular formula is C21H23N5O3S. The first-order valence-electron chi connectivity index (χ1n) is 9.44. The zero-order valence-electron chi connectivity index (χ0n) is 17.1. The highest BCUT2D eigenvalue weighted by Gasteiger charge is 2.16. The number of carbonyl (C=O) groups is 2. The topological polar surface area (TPSA) is 99.0 Å². The molecule has 0 radical (unpaired) electrons. The highest BCUT2D eigenvalue weighted by atomic mass is 32.2.